The van der Waals surface area contributed by atoms with E-state index in [4.69, 9.17) is 0 Å². The first-order valence-corrected chi connectivity index (χ1v) is 8.34. The molecule has 0 aromatic heterocycles. The maximum atomic E-state index is 12.5. The molecule has 0 bridgehead atoms. The van der Waals surface area contributed by atoms with E-state index in [1.807, 2.05) is 18.2 Å². The van der Waals surface area contributed by atoms with Crippen molar-refractivity contribution in [2.45, 2.75) is 12.6 Å². The average Bonchev–Trinajstić information content (AvgIpc) is 2.65. The number of alkyl halides is 3. The summed E-state index contributed by atoms with van der Waals surface area (Å²) in [5, 5.41) is 8.65. The molecule has 5 nitrogen and oxygen atoms in total. The SMILES string of the molecule is CN=C(NCCc1ccc(C(F)(F)F)cc1)NCC(=O)Nc1ccccc1.I. The molecule has 1 amide bonds. The third-order valence-electron chi connectivity index (χ3n) is 3.68. The molecule has 2 aromatic rings. The molecule has 0 heterocycles. The minimum atomic E-state index is -4.33. The minimum absolute atomic E-state index is 0. The second-order valence-electron chi connectivity index (χ2n) is 5.71. The number of hydrogen-bond acceptors (Lipinski definition) is 2. The zero-order valence-electron chi connectivity index (χ0n) is 15.2. The van der Waals surface area contributed by atoms with E-state index in [2.05, 4.69) is 20.9 Å². The van der Waals surface area contributed by atoms with Gasteiger partial charge in [-0.3, -0.25) is 9.79 Å². The monoisotopic (exact) mass is 506 g/mol. The highest BCUT2D eigenvalue weighted by molar-refractivity contribution is 14.0. The molecular formula is C19H22F3IN4O. The predicted octanol–water partition coefficient (Wildman–Crippen LogP) is 3.67. The van der Waals surface area contributed by atoms with Crippen LogP contribution in [0.3, 0.4) is 0 Å². The molecule has 0 spiro atoms. The van der Waals surface area contributed by atoms with Gasteiger partial charge in [-0.25, -0.2) is 0 Å². The maximum absolute atomic E-state index is 12.5. The van der Waals surface area contributed by atoms with E-state index in [1.54, 1.807) is 19.2 Å². The number of nitrogens with one attached hydrogen (secondary N) is 3. The fraction of sp³-hybridized carbons (Fsp3) is 0.263. The van der Waals surface area contributed by atoms with Crippen molar-refractivity contribution in [2.75, 3.05) is 25.5 Å². The lowest BCUT2D eigenvalue weighted by Gasteiger charge is -2.12. The number of aliphatic imine (C=N–C) groups is 1. The molecule has 0 unspecified atom stereocenters. The summed E-state index contributed by atoms with van der Waals surface area (Å²) in [6.07, 6.45) is -3.81. The summed E-state index contributed by atoms with van der Waals surface area (Å²) < 4.78 is 37.6. The van der Waals surface area contributed by atoms with Crippen molar-refractivity contribution in [3.8, 4) is 0 Å². The van der Waals surface area contributed by atoms with Gasteiger partial charge in [0.1, 0.15) is 0 Å². The van der Waals surface area contributed by atoms with Gasteiger partial charge in [-0.05, 0) is 36.2 Å². The molecule has 0 saturated heterocycles. The van der Waals surface area contributed by atoms with E-state index in [1.165, 1.54) is 12.1 Å². The quantitative estimate of drug-likeness (QED) is 0.319. The van der Waals surface area contributed by atoms with Crippen molar-refractivity contribution in [1.29, 1.82) is 0 Å². The lowest BCUT2D eigenvalue weighted by atomic mass is 10.1. The molecule has 0 radical (unpaired) electrons. The first-order valence-electron chi connectivity index (χ1n) is 8.34. The molecule has 0 saturated carbocycles. The molecular weight excluding hydrogens is 484 g/mol. The Kier molecular flexibility index (Phi) is 9.77. The lowest BCUT2D eigenvalue weighted by Crippen LogP contribution is -2.42. The molecule has 0 fully saturated rings. The van der Waals surface area contributed by atoms with E-state index >= 15 is 0 Å². The van der Waals surface area contributed by atoms with Crippen LogP contribution < -0.4 is 16.0 Å². The average molecular weight is 506 g/mol. The number of hydrogen-bond donors (Lipinski definition) is 3. The first-order chi connectivity index (χ1) is 12.9. The third kappa shape index (κ3) is 8.15. The van der Waals surface area contributed by atoms with E-state index in [0.29, 0.717) is 24.6 Å². The number of para-hydroxylation sites is 1. The summed E-state index contributed by atoms with van der Waals surface area (Å²) in [6.45, 7) is 0.500. The number of amides is 1. The van der Waals surface area contributed by atoms with E-state index < -0.39 is 11.7 Å². The summed E-state index contributed by atoms with van der Waals surface area (Å²) in [5.41, 5.74) is 0.809. The maximum Gasteiger partial charge on any atom is 0.416 e. The number of carbonyl (C=O) groups is 1. The number of benzene rings is 2. The Bertz CT molecular complexity index is 765. The van der Waals surface area contributed by atoms with E-state index in [0.717, 1.165) is 17.7 Å². The number of halogens is 4. The van der Waals surface area contributed by atoms with Crippen molar-refractivity contribution in [1.82, 2.24) is 10.6 Å². The van der Waals surface area contributed by atoms with E-state index in [9.17, 15) is 18.0 Å². The number of carbonyl (C=O) groups excluding carboxylic acids is 1. The zero-order valence-corrected chi connectivity index (χ0v) is 17.5. The summed E-state index contributed by atoms with van der Waals surface area (Å²) in [4.78, 5) is 15.9. The smallest absolute Gasteiger partial charge is 0.356 e. The van der Waals surface area contributed by atoms with Gasteiger partial charge >= 0.3 is 6.18 Å². The Morgan fingerprint density at radius 3 is 2.21 bits per heavy atom. The van der Waals surface area contributed by atoms with Gasteiger partial charge in [0.2, 0.25) is 5.91 Å². The second kappa shape index (κ2) is 11.5. The fourth-order valence-corrected chi connectivity index (χ4v) is 2.30. The van der Waals surface area contributed by atoms with Gasteiger partial charge in [-0.15, -0.1) is 24.0 Å². The Morgan fingerprint density at radius 1 is 1.00 bits per heavy atom. The molecule has 2 rings (SSSR count). The molecule has 28 heavy (non-hydrogen) atoms. The third-order valence-corrected chi connectivity index (χ3v) is 3.68. The number of anilines is 1. The van der Waals surface area contributed by atoms with Crippen LogP contribution in [0.5, 0.6) is 0 Å². The highest BCUT2D eigenvalue weighted by atomic mass is 127. The van der Waals surface area contributed by atoms with Gasteiger partial charge in [0.25, 0.3) is 0 Å². The topological polar surface area (TPSA) is 65.5 Å². The minimum Gasteiger partial charge on any atom is -0.356 e. The van der Waals surface area contributed by atoms with E-state index in [-0.39, 0.29) is 36.4 Å². The van der Waals surface area contributed by atoms with Crippen LogP contribution in [-0.2, 0) is 17.4 Å². The van der Waals surface area contributed by atoms with Gasteiger partial charge in [-0.1, -0.05) is 30.3 Å². The van der Waals surface area contributed by atoms with Crippen LogP contribution in [0.25, 0.3) is 0 Å². The second-order valence-corrected chi connectivity index (χ2v) is 5.71. The zero-order chi connectivity index (χ0) is 19.7. The van der Waals surface area contributed by atoms with Gasteiger partial charge in [0.15, 0.2) is 5.96 Å². The Labute approximate surface area is 178 Å². The fourth-order valence-electron chi connectivity index (χ4n) is 2.30. The molecule has 0 atom stereocenters. The Morgan fingerprint density at radius 2 is 1.64 bits per heavy atom. The van der Waals surface area contributed by atoms with Crippen molar-refractivity contribution in [3.05, 3.63) is 65.7 Å². The van der Waals surface area contributed by atoms with Crippen molar-refractivity contribution in [2.24, 2.45) is 4.99 Å². The lowest BCUT2D eigenvalue weighted by molar-refractivity contribution is -0.137. The number of guanidine groups is 1. The van der Waals surface area contributed by atoms with Gasteiger partial charge in [0, 0.05) is 19.3 Å². The van der Waals surface area contributed by atoms with Crippen LogP contribution in [0.15, 0.2) is 59.6 Å². The molecule has 0 aliphatic rings. The van der Waals surface area contributed by atoms with Crippen LogP contribution in [0, 0.1) is 0 Å². The Balaban J connectivity index is 0.00000392. The van der Waals surface area contributed by atoms with Crippen LogP contribution in [0.4, 0.5) is 18.9 Å². The summed E-state index contributed by atoms with van der Waals surface area (Å²) >= 11 is 0. The highest BCUT2D eigenvalue weighted by Crippen LogP contribution is 2.29. The van der Waals surface area contributed by atoms with Crippen molar-refractivity contribution < 1.29 is 18.0 Å². The molecule has 152 valence electrons. The van der Waals surface area contributed by atoms with Gasteiger partial charge < -0.3 is 16.0 Å². The predicted molar refractivity (Wildman–Crippen MR) is 115 cm³/mol. The first kappa shape index (κ1) is 23.7. The highest BCUT2D eigenvalue weighted by Gasteiger charge is 2.29. The molecule has 2 aromatic carbocycles. The normalized spacial score (nSPS) is 11.4. The molecule has 0 aliphatic carbocycles. The number of nitrogens with zero attached hydrogens (tertiary/aromatic N) is 1. The van der Waals surface area contributed by atoms with Crippen LogP contribution >= 0.6 is 24.0 Å². The standard InChI is InChI=1S/C19H21F3N4O.HI/c1-23-18(25-13-17(27)26-16-5-3-2-4-6-16)24-12-11-14-7-9-15(10-8-14)19(20,21)22;/h2-10H,11-13H2,1H3,(H,26,27)(H2,23,24,25);1H. The van der Waals surface area contributed by atoms with Crippen LogP contribution in [-0.4, -0.2) is 32.0 Å². The molecule has 0 aliphatic heterocycles. The van der Waals surface area contributed by atoms with Crippen molar-refractivity contribution >= 4 is 41.5 Å². The molecule has 3 N–H and O–H groups in total. The summed E-state index contributed by atoms with van der Waals surface area (Å²) in [6, 6.07) is 14.1. The number of rotatable bonds is 6. The van der Waals surface area contributed by atoms with Crippen molar-refractivity contribution in [3.63, 3.8) is 0 Å². The van der Waals surface area contributed by atoms with Gasteiger partial charge in [-0.2, -0.15) is 13.2 Å². The van der Waals surface area contributed by atoms with Gasteiger partial charge in [0.05, 0.1) is 12.1 Å². The van der Waals surface area contributed by atoms with Crippen LogP contribution in [0.2, 0.25) is 0 Å². The Hall–Kier alpha value is -2.30. The molecule has 9 heteroatoms. The summed E-state index contributed by atoms with van der Waals surface area (Å²) in [5.74, 6) is 0.219. The van der Waals surface area contributed by atoms with Crippen LogP contribution in [0.1, 0.15) is 11.1 Å². The largest absolute Gasteiger partial charge is 0.416 e. The summed E-state index contributed by atoms with van der Waals surface area (Å²) in [7, 11) is 1.57.